The van der Waals surface area contributed by atoms with Crippen LogP contribution >= 0.6 is 45.3 Å². The number of hydrogen-bond donors (Lipinski definition) is 0. The number of fused-ring (bicyclic) bond motifs is 2. The lowest BCUT2D eigenvalue weighted by molar-refractivity contribution is 0.101. The normalized spacial score (nSPS) is 16.6. The maximum absolute atomic E-state index is 14.2. The van der Waals surface area contributed by atoms with Crippen LogP contribution < -0.4 is 9.06 Å². The van der Waals surface area contributed by atoms with E-state index < -0.39 is 0 Å². The van der Waals surface area contributed by atoms with Gasteiger partial charge in [-0.05, 0) is 152 Å². The molecule has 8 heteroatoms. The summed E-state index contributed by atoms with van der Waals surface area (Å²) in [6.07, 6.45) is 0. The van der Waals surface area contributed by atoms with E-state index in [9.17, 15) is 19.2 Å². The molecular formula is C70H72O4S4. The van der Waals surface area contributed by atoms with Gasteiger partial charge in [-0.1, -0.05) is 159 Å². The van der Waals surface area contributed by atoms with Gasteiger partial charge in [0.2, 0.25) is 0 Å². The Labute approximate surface area is 476 Å². The molecule has 0 bridgehead atoms. The fraction of sp³-hybridized carbons (Fsp3) is 0.343. The molecule has 0 aliphatic heterocycles. The van der Waals surface area contributed by atoms with Gasteiger partial charge in [0.1, 0.15) is 0 Å². The van der Waals surface area contributed by atoms with Crippen LogP contribution in [0.25, 0.3) is 33.4 Å². The van der Waals surface area contributed by atoms with Crippen LogP contribution in [0.4, 0.5) is 0 Å². The summed E-state index contributed by atoms with van der Waals surface area (Å²) in [7, 11) is 0. The number of benzene rings is 4. The average molecular weight is 1110 g/mol. The van der Waals surface area contributed by atoms with E-state index in [0.29, 0.717) is 43.2 Å². The largest absolute Gasteiger partial charge is 0.288 e. The standard InChI is InChI=1S/C70H72O4S4/c1-33(2)41-17-19-45-51(25-41)67(73)63(65(45)71)57-23-21-55(75-57)59-31-53(61-47(37(9)10)27-43(35(5)6)28-48(61)38(11)12)69(77-59)70-54(62-49(39(13)14)29-44(36(7)8)30-50(62)40(15)16)32-60(78-70)56-22-24-58(76-56)64-66(72)46-20-18-42(34(3)4)26-52(46)68(64)74/h17-40H,1-16H3/b59-55+,60-56+,63-57+,64-58+,70-69+. The van der Waals surface area contributed by atoms with Crippen molar-refractivity contribution in [1.82, 2.24) is 0 Å². The van der Waals surface area contributed by atoms with Crippen molar-refractivity contribution in [1.29, 1.82) is 0 Å². The molecule has 78 heavy (non-hydrogen) atoms. The Bertz CT molecular complexity index is 3920. The average Bonchev–Trinajstić information content (AvgIpc) is 4.36. The van der Waals surface area contributed by atoms with E-state index >= 15 is 0 Å². The highest BCUT2D eigenvalue weighted by Crippen LogP contribution is 2.45. The number of hydrogen-bond acceptors (Lipinski definition) is 8. The van der Waals surface area contributed by atoms with Crippen LogP contribution in [0.5, 0.6) is 0 Å². The molecular weight excluding hydrogens is 1030 g/mol. The molecule has 4 aromatic carbocycles. The third-order valence-corrected chi connectivity index (χ3v) is 21.0. The zero-order valence-corrected chi connectivity index (χ0v) is 51.4. The Balaban J connectivity index is 1.39. The summed E-state index contributed by atoms with van der Waals surface area (Å²) in [6, 6.07) is 34.1. The topological polar surface area (TPSA) is 68.3 Å². The van der Waals surface area contributed by atoms with Crippen molar-refractivity contribution >= 4 is 79.6 Å². The first-order valence-electron chi connectivity index (χ1n) is 28.0. The van der Waals surface area contributed by atoms with Gasteiger partial charge in [0, 0.05) is 60.6 Å². The van der Waals surface area contributed by atoms with Crippen molar-refractivity contribution in [2.45, 2.75) is 158 Å². The summed E-state index contributed by atoms with van der Waals surface area (Å²) in [5, 5.41) is 0. The van der Waals surface area contributed by atoms with Gasteiger partial charge < -0.3 is 0 Å². The number of rotatable bonds is 10. The SMILES string of the molecule is CC(C)c1ccc2c(c1)C(=O)/C(=c1\cc/c(=c3/cc(-c4c(C(C)C)cc(C(C)C)cc4C(C)C)/c(=c4\s/c(=c5\cc/c(=C6/C(=O)c7ccc(C(C)C)cc7C6=O)s5)cc4-c4c(C(C)C)cc(C(C)C)cc4C(C)C)s3)s1)C2=O. The van der Waals surface area contributed by atoms with Crippen LogP contribution in [-0.4, -0.2) is 23.1 Å². The summed E-state index contributed by atoms with van der Waals surface area (Å²) in [4.78, 5) is 56.8. The summed E-state index contributed by atoms with van der Waals surface area (Å²) in [5.41, 5.74) is 17.4. The Kier molecular flexibility index (Phi) is 15.1. The maximum atomic E-state index is 14.2. The smallest absolute Gasteiger partial charge is 0.199 e. The van der Waals surface area contributed by atoms with Gasteiger partial charge in [-0.3, -0.25) is 19.2 Å². The molecule has 10 rings (SSSR count). The summed E-state index contributed by atoms with van der Waals surface area (Å²) in [6.45, 7) is 36.0. The second kappa shape index (κ2) is 21.3. The molecule has 400 valence electrons. The van der Waals surface area contributed by atoms with E-state index in [1.807, 2.05) is 48.5 Å². The van der Waals surface area contributed by atoms with E-state index in [1.54, 1.807) is 22.7 Å². The number of carbonyl (C=O) groups excluding carboxylic acids is 4. The predicted octanol–water partition coefficient (Wildman–Crippen LogP) is 18.6. The predicted molar refractivity (Wildman–Crippen MR) is 330 cm³/mol. The number of carbonyl (C=O) groups is 4. The monoisotopic (exact) mass is 1100 g/mol. The van der Waals surface area contributed by atoms with E-state index in [0.717, 1.165) is 29.3 Å². The summed E-state index contributed by atoms with van der Waals surface area (Å²) in [5.74, 6) is 1.23. The fourth-order valence-corrected chi connectivity index (χ4v) is 16.0. The van der Waals surface area contributed by atoms with Gasteiger partial charge >= 0.3 is 0 Å². The van der Waals surface area contributed by atoms with Crippen LogP contribution in [0.15, 0.2) is 97.1 Å². The molecule has 0 N–H and O–H groups in total. The van der Waals surface area contributed by atoms with E-state index in [2.05, 4.69) is 159 Å². The molecule has 0 saturated heterocycles. The van der Waals surface area contributed by atoms with Crippen molar-refractivity contribution in [3.63, 3.8) is 0 Å². The molecule has 2 aliphatic rings. The zero-order chi connectivity index (χ0) is 56.1. The minimum atomic E-state index is -0.206. The minimum Gasteiger partial charge on any atom is -0.288 e. The lowest BCUT2D eigenvalue weighted by Gasteiger charge is -2.23. The van der Waals surface area contributed by atoms with Gasteiger partial charge in [0.05, 0.1) is 20.2 Å². The molecule has 4 heterocycles. The second-order valence-electron chi connectivity index (χ2n) is 24.1. The second-order valence-corrected chi connectivity index (χ2v) is 28.4. The van der Waals surface area contributed by atoms with Crippen LogP contribution in [0.1, 0.15) is 244 Å². The van der Waals surface area contributed by atoms with E-state index in [4.69, 9.17) is 0 Å². The number of ketones is 4. The first-order chi connectivity index (χ1) is 36.9. The number of thiophene rings is 4. The highest BCUT2D eigenvalue weighted by Gasteiger charge is 2.36. The van der Waals surface area contributed by atoms with Crippen LogP contribution in [0.3, 0.4) is 0 Å². The third kappa shape index (κ3) is 9.66. The molecule has 2 aliphatic carbocycles. The zero-order valence-electron chi connectivity index (χ0n) is 48.1. The first kappa shape index (κ1) is 55.4. The van der Waals surface area contributed by atoms with E-state index in [-0.39, 0.29) is 69.8 Å². The molecule has 0 fully saturated rings. The van der Waals surface area contributed by atoms with Crippen molar-refractivity contribution in [3.8, 4) is 22.3 Å². The lowest BCUT2D eigenvalue weighted by atomic mass is 9.81. The third-order valence-electron chi connectivity index (χ3n) is 16.0. The molecule has 0 spiro atoms. The van der Waals surface area contributed by atoms with Gasteiger partial charge in [-0.25, -0.2) is 0 Å². The van der Waals surface area contributed by atoms with Crippen LogP contribution in [0.2, 0.25) is 0 Å². The molecule has 8 aromatic rings. The molecule has 0 amide bonds. The Morgan fingerprint density at radius 3 is 0.846 bits per heavy atom. The quantitative estimate of drug-likeness (QED) is 0.137. The van der Waals surface area contributed by atoms with Crippen molar-refractivity contribution in [3.05, 3.63) is 200 Å². The lowest BCUT2D eigenvalue weighted by Crippen LogP contribution is -2.10. The Morgan fingerprint density at radius 2 is 0.551 bits per heavy atom. The van der Waals surface area contributed by atoms with E-state index in [1.165, 1.54) is 87.4 Å². The Morgan fingerprint density at radius 1 is 0.256 bits per heavy atom. The fourth-order valence-electron chi connectivity index (χ4n) is 11.3. The van der Waals surface area contributed by atoms with Crippen molar-refractivity contribution in [2.75, 3.05) is 0 Å². The molecule has 4 aromatic heterocycles. The molecule has 0 saturated carbocycles. The van der Waals surface area contributed by atoms with Crippen LogP contribution in [0, 0.1) is 27.2 Å². The van der Waals surface area contributed by atoms with Crippen molar-refractivity contribution in [2.24, 2.45) is 0 Å². The highest BCUT2D eigenvalue weighted by atomic mass is 32.1. The van der Waals surface area contributed by atoms with Gasteiger partial charge in [-0.15, -0.1) is 45.3 Å². The number of Topliss-reactive ketones (excluding diaryl/α,β-unsaturated/α-hetero) is 4. The van der Waals surface area contributed by atoms with Crippen molar-refractivity contribution < 1.29 is 19.2 Å². The van der Waals surface area contributed by atoms with Gasteiger partial charge in [0.25, 0.3) is 0 Å². The first-order valence-corrected chi connectivity index (χ1v) is 31.3. The molecule has 0 unspecified atom stereocenters. The molecule has 0 radical (unpaired) electrons. The minimum absolute atomic E-state index is 0.199. The van der Waals surface area contributed by atoms with Gasteiger partial charge in [0.15, 0.2) is 23.1 Å². The van der Waals surface area contributed by atoms with Crippen LogP contribution in [-0.2, 0) is 0 Å². The van der Waals surface area contributed by atoms with Gasteiger partial charge in [-0.2, -0.15) is 0 Å². The Hall–Kier alpha value is -5.90. The molecule has 4 nitrogen and oxygen atoms in total. The molecule has 0 atom stereocenters. The highest BCUT2D eigenvalue weighted by molar-refractivity contribution is 7.14. The summed E-state index contributed by atoms with van der Waals surface area (Å²) >= 11 is 6.63. The maximum Gasteiger partial charge on any atom is 0.199 e. The summed E-state index contributed by atoms with van der Waals surface area (Å²) < 4.78 is 7.87.